The summed E-state index contributed by atoms with van der Waals surface area (Å²) in [7, 11) is 0. The average molecular weight is 843 g/mol. The molecule has 4 aliphatic rings. The molecule has 0 bridgehead atoms. The molecule has 4 saturated heterocycles. The van der Waals surface area contributed by atoms with E-state index >= 15 is 0 Å². The number of aryl methyl sites for hydroxylation is 2. The number of ketones is 2. The Morgan fingerprint density at radius 1 is 0.525 bits per heavy atom. The second kappa shape index (κ2) is 24.9. The van der Waals surface area contributed by atoms with Gasteiger partial charge in [-0.05, 0) is 99.6 Å². The zero-order valence-electron chi connectivity index (χ0n) is 36.7. The fourth-order valence-corrected chi connectivity index (χ4v) is 9.49. The van der Waals surface area contributed by atoms with E-state index < -0.39 is 0 Å². The van der Waals surface area contributed by atoms with Crippen LogP contribution in [-0.4, -0.2) is 147 Å². The molecule has 4 aliphatic heterocycles. The molecule has 13 heteroatoms. The first kappa shape index (κ1) is 46.9. The van der Waals surface area contributed by atoms with Crippen molar-refractivity contribution in [3.8, 4) is 0 Å². The molecule has 4 heterocycles. The Hall–Kier alpha value is -3.56. The van der Waals surface area contributed by atoms with E-state index in [4.69, 9.17) is 16.2 Å². The number of carbonyl (C=O) groups is 4. The van der Waals surface area contributed by atoms with Crippen LogP contribution in [0.3, 0.4) is 0 Å². The van der Waals surface area contributed by atoms with Crippen LogP contribution in [0.5, 0.6) is 0 Å². The van der Waals surface area contributed by atoms with Gasteiger partial charge in [-0.15, -0.1) is 0 Å². The Bertz CT molecular complexity index is 1540. The van der Waals surface area contributed by atoms with Crippen LogP contribution in [0.1, 0.15) is 86.5 Å². The maximum atomic E-state index is 12.6. The Kier molecular flexibility index (Phi) is 19.2. The van der Waals surface area contributed by atoms with Crippen molar-refractivity contribution in [1.29, 1.82) is 0 Å². The molecule has 0 aliphatic carbocycles. The monoisotopic (exact) mass is 843 g/mol. The van der Waals surface area contributed by atoms with E-state index in [0.29, 0.717) is 38.1 Å². The number of benzene rings is 2. The zero-order valence-corrected chi connectivity index (χ0v) is 36.7. The van der Waals surface area contributed by atoms with Gasteiger partial charge in [-0.2, -0.15) is 0 Å². The van der Waals surface area contributed by atoms with E-state index in [2.05, 4.69) is 78.8 Å². The standard InChI is InChI=1S/C48H74N8O5/c49-47(59)41-3-1-23-55(35-41)33-39-9-5-37(6-10-39)13-15-43(57)31-51-21-29-53-25-17-45(18-26-53)61-46-19-27-54(28-20-46)30-22-52-32-44(58)16-14-38-7-11-40(12-8-38)34-56-24-2-4-42(36-56)48(50)60/h5-12,41-42,45-46,51-52H,1-4,13-36H2,(H2,49,59)(H2,50,60). The number of nitrogens with zero attached hydrogens (tertiary/aromatic N) is 4. The lowest BCUT2D eigenvalue weighted by atomic mass is 9.97. The molecule has 336 valence electrons. The number of carbonyl (C=O) groups excluding carboxylic acids is 4. The van der Waals surface area contributed by atoms with E-state index in [1.54, 1.807) is 0 Å². The SMILES string of the molecule is NC(=O)C1CCCN(Cc2ccc(CCC(=O)CNCCN3CCC(OC4CCN(CCNCC(=O)CCc5ccc(CN6CCCC(C(N)=O)C6)cc5)CC4)CC3)cc2)C1. The lowest BCUT2D eigenvalue weighted by Gasteiger charge is -2.37. The smallest absolute Gasteiger partial charge is 0.221 e. The minimum atomic E-state index is -0.193. The molecule has 2 aromatic rings. The van der Waals surface area contributed by atoms with Gasteiger partial charge in [0.2, 0.25) is 11.8 Å². The normalized spacial score (nSPS) is 21.7. The van der Waals surface area contributed by atoms with Crippen molar-refractivity contribution >= 4 is 23.4 Å². The third kappa shape index (κ3) is 16.6. The number of likely N-dealkylation sites (tertiary alicyclic amines) is 4. The predicted octanol–water partition coefficient (Wildman–Crippen LogP) is 2.91. The van der Waals surface area contributed by atoms with Gasteiger partial charge in [0.25, 0.3) is 0 Å². The van der Waals surface area contributed by atoms with Crippen molar-refractivity contribution in [2.75, 3.05) is 91.6 Å². The molecule has 6 N–H and O–H groups in total. The van der Waals surface area contributed by atoms with Crippen molar-refractivity contribution in [3.05, 3.63) is 70.8 Å². The highest BCUT2D eigenvalue weighted by Crippen LogP contribution is 2.22. The van der Waals surface area contributed by atoms with Gasteiger partial charge in [0, 0.05) is 91.4 Å². The molecule has 0 aromatic heterocycles. The first-order valence-electron chi connectivity index (χ1n) is 23.4. The molecular weight excluding hydrogens is 769 g/mol. The van der Waals surface area contributed by atoms with Gasteiger partial charge in [0.15, 0.2) is 0 Å². The number of rotatable bonds is 24. The fourth-order valence-electron chi connectivity index (χ4n) is 9.49. The minimum absolute atomic E-state index is 0.0422. The Morgan fingerprint density at radius 2 is 0.902 bits per heavy atom. The van der Waals surface area contributed by atoms with Crippen LogP contribution in [0.25, 0.3) is 0 Å². The molecule has 2 amide bonds. The quantitative estimate of drug-likeness (QED) is 0.115. The van der Waals surface area contributed by atoms with Gasteiger partial charge >= 0.3 is 0 Å². The summed E-state index contributed by atoms with van der Waals surface area (Å²) in [5.74, 6) is 0.0243. The topological polar surface area (TPSA) is 167 Å². The van der Waals surface area contributed by atoms with Crippen molar-refractivity contribution in [2.45, 2.75) is 102 Å². The second-order valence-electron chi connectivity index (χ2n) is 18.2. The Morgan fingerprint density at radius 3 is 1.28 bits per heavy atom. The van der Waals surface area contributed by atoms with Crippen LogP contribution in [0.2, 0.25) is 0 Å². The summed E-state index contributed by atoms with van der Waals surface area (Å²) in [4.78, 5) is 58.0. The summed E-state index contributed by atoms with van der Waals surface area (Å²) < 4.78 is 6.57. The molecule has 2 atom stereocenters. The maximum Gasteiger partial charge on any atom is 0.221 e. The number of ether oxygens (including phenoxy) is 1. The number of piperidine rings is 4. The van der Waals surface area contributed by atoms with E-state index in [1.165, 1.54) is 22.3 Å². The molecule has 4 fully saturated rings. The molecule has 0 saturated carbocycles. The lowest BCUT2D eigenvalue weighted by Crippen LogP contribution is -2.44. The highest BCUT2D eigenvalue weighted by atomic mass is 16.5. The van der Waals surface area contributed by atoms with Crippen molar-refractivity contribution in [3.63, 3.8) is 0 Å². The zero-order chi connectivity index (χ0) is 42.8. The summed E-state index contributed by atoms with van der Waals surface area (Å²) in [5.41, 5.74) is 15.9. The number of hydrogen-bond donors (Lipinski definition) is 4. The molecule has 61 heavy (non-hydrogen) atoms. The van der Waals surface area contributed by atoms with Gasteiger partial charge in [-0.3, -0.25) is 29.0 Å². The number of Topliss-reactive ketones (excluding diaryl/α,β-unsaturated/α-hetero) is 2. The van der Waals surface area contributed by atoms with E-state index in [0.717, 1.165) is 156 Å². The van der Waals surface area contributed by atoms with E-state index in [-0.39, 0.29) is 35.2 Å². The van der Waals surface area contributed by atoms with Gasteiger partial charge in [-0.25, -0.2) is 0 Å². The summed E-state index contributed by atoms with van der Waals surface area (Å²) >= 11 is 0. The summed E-state index contributed by atoms with van der Waals surface area (Å²) in [5, 5.41) is 6.74. The van der Waals surface area contributed by atoms with Gasteiger partial charge < -0.3 is 36.6 Å². The maximum absolute atomic E-state index is 12.6. The summed E-state index contributed by atoms with van der Waals surface area (Å²) in [6.45, 7) is 13.6. The Labute approximate surface area is 364 Å². The molecule has 13 nitrogen and oxygen atoms in total. The van der Waals surface area contributed by atoms with Gasteiger partial charge in [0.1, 0.15) is 11.6 Å². The van der Waals surface area contributed by atoms with Crippen LogP contribution >= 0.6 is 0 Å². The molecule has 2 aromatic carbocycles. The van der Waals surface area contributed by atoms with Crippen LogP contribution < -0.4 is 22.1 Å². The van der Waals surface area contributed by atoms with Crippen LogP contribution in [0, 0.1) is 11.8 Å². The van der Waals surface area contributed by atoms with Crippen molar-refractivity contribution < 1.29 is 23.9 Å². The second-order valence-corrected chi connectivity index (χ2v) is 18.2. The molecule has 6 rings (SSSR count). The summed E-state index contributed by atoms with van der Waals surface area (Å²) in [6, 6.07) is 17.1. The minimum Gasteiger partial charge on any atom is -0.375 e. The fraction of sp³-hybridized carbons (Fsp3) is 0.667. The van der Waals surface area contributed by atoms with Crippen LogP contribution in [-0.2, 0) is 49.8 Å². The van der Waals surface area contributed by atoms with Crippen LogP contribution in [0.15, 0.2) is 48.5 Å². The number of primary amides is 2. The van der Waals surface area contributed by atoms with Gasteiger partial charge in [-0.1, -0.05) is 48.5 Å². The number of nitrogens with two attached hydrogens (primary N) is 2. The third-order valence-electron chi connectivity index (χ3n) is 13.4. The van der Waals surface area contributed by atoms with Gasteiger partial charge in [0.05, 0.1) is 37.1 Å². The highest BCUT2D eigenvalue weighted by molar-refractivity contribution is 5.81. The van der Waals surface area contributed by atoms with Crippen LogP contribution in [0.4, 0.5) is 0 Å². The molecule has 0 spiro atoms. The number of nitrogens with one attached hydrogen (secondary N) is 2. The number of hydrogen-bond acceptors (Lipinski definition) is 11. The van der Waals surface area contributed by atoms with E-state index in [9.17, 15) is 19.2 Å². The third-order valence-corrected chi connectivity index (χ3v) is 13.4. The first-order valence-corrected chi connectivity index (χ1v) is 23.4. The number of amides is 2. The average Bonchev–Trinajstić information content (AvgIpc) is 3.27. The first-order chi connectivity index (χ1) is 29.6. The molecule has 2 unspecified atom stereocenters. The van der Waals surface area contributed by atoms with Crippen molar-refractivity contribution in [2.24, 2.45) is 23.3 Å². The van der Waals surface area contributed by atoms with E-state index in [1.807, 2.05) is 0 Å². The predicted molar refractivity (Wildman–Crippen MR) is 240 cm³/mol. The largest absolute Gasteiger partial charge is 0.375 e. The summed E-state index contributed by atoms with van der Waals surface area (Å²) in [6.07, 6.45) is 11.3. The lowest BCUT2D eigenvalue weighted by molar-refractivity contribution is -0.124. The highest BCUT2D eigenvalue weighted by Gasteiger charge is 2.27. The molecular formula is C48H74N8O5. The molecule has 0 radical (unpaired) electrons. The van der Waals surface area contributed by atoms with Crippen molar-refractivity contribution in [1.82, 2.24) is 30.2 Å². The Balaban J connectivity index is 0.731.